The third kappa shape index (κ3) is 3.88. The number of hydrogen-bond acceptors (Lipinski definition) is 5. The van der Waals surface area contributed by atoms with Crippen LogP contribution in [0.4, 0.5) is 18.0 Å². The van der Waals surface area contributed by atoms with Gasteiger partial charge in [0.2, 0.25) is 0 Å². The average Bonchev–Trinajstić information content (AvgIpc) is 3.24. The molecule has 12 heteroatoms. The first-order chi connectivity index (χ1) is 16.7. The third-order valence-corrected chi connectivity index (χ3v) is 8.67. The minimum atomic E-state index is -4.31. The zero-order valence-electron chi connectivity index (χ0n) is 19.5. The Morgan fingerprint density at radius 1 is 1.00 bits per heavy atom. The number of halogens is 3. The highest BCUT2D eigenvalue weighted by molar-refractivity contribution is 5.77. The van der Waals surface area contributed by atoms with Crippen LogP contribution < -0.4 is 0 Å². The number of hydrogen-bond donors (Lipinski definition) is 0. The van der Waals surface area contributed by atoms with Crippen LogP contribution in [0.1, 0.15) is 62.0 Å². The number of carbonyl (C=O) groups is 1. The summed E-state index contributed by atoms with van der Waals surface area (Å²) in [5.41, 5.74) is 1.07. The summed E-state index contributed by atoms with van der Waals surface area (Å²) in [6.07, 6.45) is 6.21. The number of carbonyl (C=O) groups excluding carboxylic acids is 1. The second-order valence-corrected chi connectivity index (χ2v) is 11.9. The van der Waals surface area contributed by atoms with E-state index in [2.05, 4.69) is 20.3 Å². The Balaban J connectivity index is 0.832. The molecule has 35 heavy (non-hydrogen) atoms. The molecule has 0 N–H and O–H groups in total. The summed E-state index contributed by atoms with van der Waals surface area (Å²) in [7, 11) is 0. The highest BCUT2D eigenvalue weighted by Crippen LogP contribution is 2.56. The fraction of sp³-hybridized carbons (Fsp3) is 0.783. The van der Waals surface area contributed by atoms with Crippen LogP contribution in [0.3, 0.4) is 0 Å². The molecule has 2 spiro atoms. The molecule has 2 aliphatic heterocycles. The summed E-state index contributed by atoms with van der Waals surface area (Å²) in [6, 6.07) is 0.571. The lowest BCUT2D eigenvalue weighted by Gasteiger charge is -2.63. The van der Waals surface area contributed by atoms with Crippen molar-refractivity contribution >= 4 is 6.03 Å². The van der Waals surface area contributed by atoms with Crippen LogP contribution in [0, 0.1) is 16.7 Å². The van der Waals surface area contributed by atoms with E-state index < -0.39 is 12.7 Å². The number of rotatable bonds is 5. The quantitative estimate of drug-likeness (QED) is 0.643. The standard InChI is InChI=1S/C23H29F3N8O/c24-23(25,26)13-34-28-8-17(29-34)3-15-4-21(5-15)9-31(10-21)20(35)32-11-22(12-32)6-18(7-22)33-14-27-19(30-33)16-1-2-16/h8,14-16,18H,1-7,9-13H2. The first kappa shape index (κ1) is 21.6. The van der Waals surface area contributed by atoms with Crippen molar-refractivity contribution in [3.05, 3.63) is 24.0 Å². The molecule has 2 amide bonds. The highest BCUT2D eigenvalue weighted by atomic mass is 19.4. The predicted molar refractivity (Wildman–Crippen MR) is 116 cm³/mol. The Hall–Kier alpha value is -2.66. The molecular weight excluding hydrogens is 461 g/mol. The zero-order valence-corrected chi connectivity index (χ0v) is 19.5. The Kier molecular flexibility index (Phi) is 4.44. The van der Waals surface area contributed by atoms with E-state index in [1.54, 1.807) is 0 Å². The molecule has 3 saturated carbocycles. The summed E-state index contributed by atoms with van der Waals surface area (Å²) < 4.78 is 39.5. The maximum absolute atomic E-state index is 12.9. The maximum atomic E-state index is 12.9. The summed E-state index contributed by atoms with van der Waals surface area (Å²) in [4.78, 5) is 22.0. The first-order valence-corrected chi connectivity index (χ1v) is 12.6. The van der Waals surface area contributed by atoms with Crippen molar-refractivity contribution in [3.63, 3.8) is 0 Å². The van der Waals surface area contributed by atoms with E-state index in [1.165, 1.54) is 19.0 Å². The zero-order chi connectivity index (χ0) is 24.0. The lowest BCUT2D eigenvalue weighted by Crippen LogP contribution is -2.71. The molecular formula is C23H29F3N8O. The molecule has 0 unspecified atom stereocenters. The van der Waals surface area contributed by atoms with Crippen LogP contribution in [0.15, 0.2) is 12.5 Å². The van der Waals surface area contributed by atoms with Crippen LogP contribution in [-0.2, 0) is 13.0 Å². The van der Waals surface area contributed by atoms with Crippen molar-refractivity contribution < 1.29 is 18.0 Å². The van der Waals surface area contributed by atoms with Gasteiger partial charge in [-0.1, -0.05) is 0 Å². The van der Waals surface area contributed by atoms with E-state index in [9.17, 15) is 18.0 Å². The van der Waals surface area contributed by atoms with Gasteiger partial charge in [0, 0.05) is 42.9 Å². The number of amides is 2. The van der Waals surface area contributed by atoms with Gasteiger partial charge in [0.15, 0.2) is 12.4 Å². The fourth-order valence-corrected chi connectivity index (χ4v) is 6.90. The molecule has 5 aliphatic rings. The van der Waals surface area contributed by atoms with Gasteiger partial charge in [0.1, 0.15) is 6.33 Å². The molecule has 0 aromatic carbocycles. The molecule has 0 radical (unpaired) electrons. The second kappa shape index (κ2) is 7.19. The third-order valence-electron chi connectivity index (χ3n) is 8.67. The summed E-state index contributed by atoms with van der Waals surface area (Å²) in [6.45, 7) is 2.10. The van der Waals surface area contributed by atoms with Gasteiger partial charge in [-0.05, 0) is 50.9 Å². The molecule has 9 nitrogen and oxygen atoms in total. The minimum Gasteiger partial charge on any atom is -0.323 e. The van der Waals surface area contributed by atoms with Crippen LogP contribution >= 0.6 is 0 Å². The molecule has 0 bridgehead atoms. The molecule has 2 saturated heterocycles. The predicted octanol–water partition coefficient (Wildman–Crippen LogP) is 3.02. The van der Waals surface area contributed by atoms with Crippen LogP contribution in [0.5, 0.6) is 0 Å². The second-order valence-electron chi connectivity index (χ2n) is 11.9. The molecule has 2 aromatic rings. The largest absolute Gasteiger partial charge is 0.409 e. The van der Waals surface area contributed by atoms with Crippen molar-refractivity contribution in [2.45, 2.75) is 69.6 Å². The Bertz CT molecular complexity index is 1130. The lowest BCUT2D eigenvalue weighted by molar-refractivity contribution is -0.144. The normalized spacial score (nSPS) is 25.3. The van der Waals surface area contributed by atoms with E-state index in [0.29, 0.717) is 30.0 Å². The van der Waals surface area contributed by atoms with Gasteiger partial charge in [-0.15, -0.1) is 0 Å². The molecule has 0 atom stereocenters. The van der Waals surface area contributed by atoms with E-state index in [1.807, 2.05) is 20.8 Å². The van der Waals surface area contributed by atoms with E-state index in [0.717, 1.165) is 62.5 Å². The lowest BCUT2D eigenvalue weighted by atomic mass is 9.56. The summed E-state index contributed by atoms with van der Waals surface area (Å²) >= 11 is 0. The van der Waals surface area contributed by atoms with Gasteiger partial charge in [0.05, 0.1) is 17.9 Å². The first-order valence-electron chi connectivity index (χ1n) is 12.6. The van der Waals surface area contributed by atoms with E-state index in [-0.39, 0.29) is 16.9 Å². The molecule has 4 heterocycles. The number of nitrogens with zero attached hydrogens (tertiary/aromatic N) is 8. The smallest absolute Gasteiger partial charge is 0.323 e. The van der Waals surface area contributed by atoms with Crippen molar-refractivity contribution in [2.24, 2.45) is 16.7 Å². The fourth-order valence-electron chi connectivity index (χ4n) is 6.90. The average molecular weight is 491 g/mol. The highest BCUT2D eigenvalue weighted by Gasteiger charge is 2.58. The van der Waals surface area contributed by atoms with Crippen molar-refractivity contribution in [3.8, 4) is 0 Å². The Morgan fingerprint density at radius 3 is 2.29 bits per heavy atom. The van der Waals surface area contributed by atoms with Gasteiger partial charge in [-0.2, -0.15) is 33.3 Å². The van der Waals surface area contributed by atoms with Crippen molar-refractivity contribution in [1.29, 1.82) is 0 Å². The van der Waals surface area contributed by atoms with Gasteiger partial charge < -0.3 is 9.80 Å². The maximum Gasteiger partial charge on any atom is 0.409 e. The molecule has 5 fully saturated rings. The molecule has 3 aliphatic carbocycles. The van der Waals surface area contributed by atoms with E-state index in [4.69, 9.17) is 0 Å². The summed E-state index contributed by atoms with van der Waals surface area (Å²) in [5.74, 6) is 1.97. The Labute approximate surface area is 200 Å². The number of alkyl halides is 3. The summed E-state index contributed by atoms with van der Waals surface area (Å²) in [5, 5.41) is 12.4. The topological polar surface area (TPSA) is 85.0 Å². The van der Waals surface area contributed by atoms with Gasteiger partial charge in [-0.3, -0.25) is 0 Å². The van der Waals surface area contributed by atoms with Crippen LogP contribution in [-0.4, -0.2) is 77.9 Å². The number of aromatic nitrogens is 6. The van der Waals surface area contributed by atoms with Gasteiger partial charge >= 0.3 is 12.2 Å². The number of urea groups is 1. The minimum absolute atomic E-state index is 0.153. The van der Waals surface area contributed by atoms with Crippen molar-refractivity contribution in [1.82, 2.24) is 39.6 Å². The van der Waals surface area contributed by atoms with Crippen LogP contribution in [0.2, 0.25) is 0 Å². The van der Waals surface area contributed by atoms with Crippen molar-refractivity contribution in [2.75, 3.05) is 26.2 Å². The molecule has 7 rings (SSSR count). The van der Waals surface area contributed by atoms with Gasteiger partial charge in [0.25, 0.3) is 0 Å². The molecule has 188 valence electrons. The van der Waals surface area contributed by atoms with E-state index >= 15 is 0 Å². The monoisotopic (exact) mass is 490 g/mol. The Morgan fingerprint density at radius 2 is 1.66 bits per heavy atom. The molecule has 2 aromatic heterocycles. The van der Waals surface area contributed by atoms with Crippen LogP contribution in [0.25, 0.3) is 0 Å². The number of likely N-dealkylation sites (tertiary alicyclic amines) is 2. The van der Waals surface area contributed by atoms with Gasteiger partial charge in [-0.25, -0.2) is 14.5 Å². The SMILES string of the molecule is O=C(N1CC2(CC(Cc3cnn(CC(F)(F)F)n3)C2)C1)N1CC2(CC(n3cnc(C4CC4)n3)C2)C1.